The van der Waals surface area contributed by atoms with Gasteiger partial charge in [-0.05, 0) is 41.7 Å². The van der Waals surface area contributed by atoms with Crippen LogP contribution in [-0.2, 0) is 6.42 Å². The van der Waals surface area contributed by atoms with Crippen LogP contribution in [0.2, 0.25) is 0 Å². The van der Waals surface area contributed by atoms with Gasteiger partial charge in [0.25, 0.3) is 0 Å². The Bertz CT molecular complexity index is 367. The second-order valence-corrected chi connectivity index (χ2v) is 3.44. The van der Waals surface area contributed by atoms with E-state index in [-0.39, 0.29) is 6.61 Å². The number of aliphatic hydroxyl groups excluding tert-OH is 1. The van der Waals surface area contributed by atoms with Gasteiger partial charge in [0, 0.05) is 0 Å². The number of aryl methyl sites for hydroxylation is 1. The maximum Gasteiger partial charge on any atom is 0.119 e. The summed E-state index contributed by atoms with van der Waals surface area (Å²) in [4.78, 5) is 0. The molecule has 0 amide bonds. The lowest BCUT2D eigenvalue weighted by Gasteiger charge is -2.04. The van der Waals surface area contributed by atoms with E-state index < -0.39 is 0 Å². The van der Waals surface area contributed by atoms with Crippen LogP contribution in [0.3, 0.4) is 0 Å². The monoisotopic (exact) mass is 220 g/mol. The molecule has 16 heavy (non-hydrogen) atoms. The third-order valence-corrected chi connectivity index (χ3v) is 2.66. The van der Waals surface area contributed by atoms with Crippen LogP contribution in [0.1, 0.15) is 31.4 Å². The first-order valence-corrected chi connectivity index (χ1v) is 5.82. The van der Waals surface area contributed by atoms with Crippen molar-refractivity contribution in [1.29, 1.82) is 0 Å². The van der Waals surface area contributed by atoms with E-state index >= 15 is 0 Å². The van der Waals surface area contributed by atoms with Crippen LogP contribution >= 0.6 is 0 Å². The summed E-state index contributed by atoms with van der Waals surface area (Å²) in [5.41, 5.74) is 3.82. The van der Waals surface area contributed by atoms with Gasteiger partial charge < -0.3 is 9.84 Å². The van der Waals surface area contributed by atoms with Crippen molar-refractivity contribution >= 4 is 5.57 Å². The number of fused-ring (bicyclic) bond motifs is 1. The molecule has 1 aliphatic rings. The first-order chi connectivity index (χ1) is 7.85. The fourth-order valence-electron chi connectivity index (χ4n) is 1.93. The van der Waals surface area contributed by atoms with Gasteiger partial charge in [-0.3, -0.25) is 0 Å². The van der Waals surface area contributed by atoms with E-state index in [4.69, 9.17) is 9.84 Å². The van der Waals surface area contributed by atoms with E-state index in [0.29, 0.717) is 0 Å². The summed E-state index contributed by atoms with van der Waals surface area (Å²) in [5.74, 6) is 0.884. The first-order valence-electron chi connectivity index (χ1n) is 5.82. The van der Waals surface area contributed by atoms with Gasteiger partial charge in [0.1, 0.15) is 5.75 Å². The quantitative estimate of drug-likeness (QED) is 0.830. The molecule has 0 spiro atoms. The van der Waals surface area contributed by atoms with Crippen LogP contribution < -0.4 is 4.74 Å². The van der Waals surface area contributed by atoms with Crippen molar-refractivity contribution in [2.75, 3.05) is 13.7 Å². The molecule has 0 atom stereocenters. The van der Waals surface area contributed by atoms with Crippen molar-refractivity contribution in [1.82, 2.24) is 0 Å². The highest BCUT2D eigenvalue weighted by Crippen LogP contribution is 2.34. The molecule has 0 aliphatic heterocycles. The Labute approximate surface area is 97.6 Å². The topological polar surface area (TPSA) is 29.5 Å². The standard InChI is InChI=1S/C12H14O2.C2H6/c1-14-11-5-4-9-2-3-10(6-7-13)12(9)8-11;1-2/h4-6,8,13H,2-3,7H2,1H3;1-2H3/b10-6+;. The number of methoxy groups -OCH3 is 1. The summed E-state index contributed by atoms with van der Waals surface area (Å²) in [6, 6.07) is 6.14. The highest BCUT2D eigenvalue weighted by atomic mass is 16.5. The van der Waals surface area contributed by atoms with E-state index in [1.165, 1.54) is 16.7 Å². The Kier molecular flexibility index (Phi) is 5.06. The molecule has 0 saturated heterocycles. The van der Waals surface area contributed by atoms with Crippen molar-refractivity contribution < 1.29 is 9.84 Å². The van der Waals surface area contributed by atoms with Gasteiger partial charge in [-0.25, -0.2) is 0 Å². The zero-order chi connectivity index (χ0) is 12.0. The molecule has 1 N–H and O–H groups in total. The molecule has 0 aromatic heterocycles. The Hall–Kier alpha value is -1.28. The number of allylic oxidation sites excluding steroid dienone is 1. The van der Waals surface area contributed by atoms with E-state index in [9.17, 15) is 0 Å². The zero-order valence-corrected chi connectivity index (χ0v) is 10.3. The molecule has 1 aliphatic carbocycles. The van der Waals surface area contributed by atoms with Gasteiger partial charge >= 0.3 is 0 Å². The second-order valence-electron chi connectivity index (χ2n) is 3.44. The van der Waals surface area contributed by atoms with Crippen molar-refractivity contribution in [2.45, 2.75) is 26.7 Å². The van der Waals surface area contributed by atoms with E-state index in [1.54, 1.807) is 7.11 Å². The molecule has 88 valence electrons. The summed E-state index contributed by atoms with van der Waals surface area (Å²) < 4.78 is 5.18. The van der Waals surface area contributed by atoms with E-state index in [1.807, 2.05) is 32.1 Å². The smallest absolute Gasteiger partial charge is 0.119 e. The van der Waals surface area contributed by atoms with Crippen molar-refractivity contribution in [2.24, 2.45) is 0 Å². The molecular weight excluding hydrogens is 200 g/mol. The number of hydrogen-bond donors (Lipinski definition) is 1. The minimum absolute atomic E-state index is 0.117. The minimum Gasteiger partial charge on any atom is -0.497 e. The number of rotatable bonds is 2. The molecular formula is C14H20O2. The number of ether oxygens (including phenoxy) is 1. The van der Waals surface area contributed by atoms with Gasteiger partial charge in [0.2, 0.25) is 0 Å². The van der Waals surface area contributed by atoms with Gasteiger partial charge in [-0.2, -0.15) is 0 Å². The lowest BCUT2D eigenvalue weighted by Crippen LogP contribution is -1.87. The van der Waals surface area contributed by atoms with Crippen LogP contribution in [0.25, 0.3) is 5.57 Å². The maximum absolute atomic E-state index is 8.87. The van der Waals surface area contributed by atoms with E-state index in [0.717, 1.165) is 18.6 Å². The minimum atomic E-state index is 0.117. The molecule has 1 aromatic carbocycles. The highest BCUT2D eigenvalue weighted by Gasteiger charge is 2.15. The largest absolute Gasteiger partial charge is 0.497 e. The van der Waals surface area contributed by atoms with Crippen LogP contribution in [0, 0.1) is 0 Å². The van der Waals surface area contributed by atoms with Gasteiger partial charge in [0.15, 0.2) is 0 Å². The number of hydrogen-bond acceptors (Lipinski definition) is 2. The lowest BCUT2D eigenvalue weighted by atomic mass is 10.1. The lowest BCUT2D eigenvalue weighted by molar-refractivity contribution is 0.343. The van der Waals surface area contributed by atoms with Crippen LogP contribution in [0.5, 0.6) is 5.75 Å². The number of aliphatic hydroxyl groups is 1. The third kappa shape index (κ3) is 2.64. The normalized spacial score (nSPS) is 15.4. The summed E-state index contributed by atoms with van der Waals surface area (Å²) in [7, 11) is 1.67. The fraction of sp³-hybridized carbons (Fsp3) is 0.429. The fourth-order valence-corrected chi connectivity index (χ4v) is 1.93. The summed E-state index contributed by atoms with van der Waals surface area (Å²) in [5, 5.41) is 8.87. The van der Waals surface area contributed by atoms with Crippen LogP contribution in [-0.4, -0.2) is 18.8 Å². The van der Waals surface area contributed by atoms with Crippen LogP contribution in [0.15, 0.2) is 24.3 Å². The summed E-state index contributed by atoms with van der Waals surface area (Å²) in [6.45, 7) is 4.12. The molecule has 2 nitrogen and oxygen atoms in total. The molecule has 0 radical (unpaired) electrons. The molecule has 0 heterocycles. The Morgan fingerprint density at radius 2 is 2.06 bits per heavy atom. The average Bonchev–Trinajstić information content (AvgIpc) is 2.75. The van der Waals surface area contributed by atoms with Gasteiger partial charge in [0.05, 0.1) is 13.7 Å². The molecule has 2 heteroatoms. The van der Waals surface area contributed by atoms with Crippen molar-refractivity contribution in [3.05, 3.63) is 35.4 Å². The molecule has 1 aromatic rings. The molecule has 0 bridgehead atoms. The van der Waals surface area contributed by atoms with E-state index in [2.05, 4.69) is 6.07 Å². The second kappa shape index (κ2) is 6.33. The SMILES string of the molecule is CC.COc1ccc2c(c1)/C(=C/CO)CC2. The molecule has 0 saturated carbocycles. The third-order valence-electron chi connectivity index (χ3n) is 2.66. The van der Waals surface area contributed by atoms with Gasteiger partial charge in [-0.15, -0.1) is 0 Å². The maximum atomic E-state index is 8.87. The Morgan fingerprint density at radius 3 is 2.69 bits per heavy atom. The Morgan fingerprint density at radius 1 is 1.31 bits per heavy atom. The highest BCUT2D eigenvalue weighted by molar-refractivity contribution is 5.73. The number of benzene rings is 1. The summed E-state index contributed by atoms with van der Waals surface area (Å²) in [6.07, 6.45) is 3.99. The summed E-state index contributed by atoms with van der Waals surface area (Å²) >= 11 is 0. The average molecular weight is 220 g/mol. The molecule has 2 rings (SSSR count). The first kappa shape index (κ1) is 12.8. The molecule has 0 unspecified atom stereocenters. The zero-order valence-electron chi connectivity index (χ0n) is 10.3. The molecule has 0 fully saturated rings. The van der Waals surface area contributed by atoms with Crippen LogP contribution in [0.4, 0.5) is 0 Å². The van der Waals surface area contributed by atoms with Gasteiger partial charge in [-0.1, -0.05) is 26.0 Å². The predicted molar refractivity (Wildman–Crippen MR) is 67.7 cm³/mol. The van der Waals surface area contributed by atoms with Crippen molar-refractivity contribution in [3.8, 4) is 5.75 Å². The Balaban J connectivity index is 0.000000606. The predicted octanol–water partition coefficient (Wildman–Crippen LogP) is 3.04. The van der Waals surface area contributed by atoms with Crippen molar-refractivity contribution in [3.63, 3.8) is 0 Å².